The first-order chi connectivity index (χ1) is 44.4. The van der Waals surface area contributed by atoms with Gasteiger partial charge in [0.05, 0.1) is 5.69 Å². The lowest BCUT2D eigenvalue weighted by Crippen LogP contribution is -2.41. The van der Waals surface area contributed by atoms with E-state index in [2.05, 4.69) is 223 Å². The van der Waals surface area contributed by atoms with E-state index in [4.69, 9.17) is 14.0 Å². The summed E-state index contributed by atoms with van der Waals surface area (Å²) in [6, 6.07) is 30.7. The number of amides is 2. The average Bonchev–Trinajstić information content (AvgIpc) is 1.03. The molecule has 5 aromatic carbocycles. The quantitative estimate of drug-likeness (QED) is 0.155. The number of hydrogen-bond acceptors (Lipinski definition) is 7. The summed E-state index contributed by atoms with van der Waals surface area (Å²) in [6.45, 7) is 64.7. The number of pyridine rings is 1. The van der Waals surface area contributed by atoms with Gasteiger partial charge in [0.1, 0.15) is 0 Å². The molecule has 0 spiro atoms. The second-order valence-corrected chi connectivity index (χ2v) is 34.2. The van der Waals surface area contributed by atoms with Crippen LogP contribution >= 0.6 is 0 Å². The van der Waals surface area contributed by atoms with Crippen molar-refractivity contribution in [1.82, 2.24) is 15.0 Å². The number of H-pyrrole nitrogens is 1. The number of anilines is 1. The first-order valence-electron chi connectivity index (χ1n) is 36.1. The number of carbonyl (C=O) groups excluding carboxylic acids is 2. The van der Waals surface area contributed by atoms with Gasteiger partial charge in [-0.3, -0.25) is 14.4 Å². The fourth-order valence-electron chi connectivity index (χ4n) is 14.5. The molecule has 2 aliphatic carbocycles. The molecule has 0 bridgehead atoms. The van der Waals surface area contributed by atoms with Crippen molar-refractivity contribution >= 4 is 39.2 Å². The number of rotatable bonds is 0. The lowest BCUT2D eigenvalue weighted by molar-refractivity contribution is -0.117. The summed E-state index contributed by atoms with van der Waals surface area (Å²) in [5.41, 5.74) is 15.9. The van der Waals surface area contributed by atoms with Gasteiger partial charge in [0.25, 0.3) is 11.5 Å². The standard InChI is InChI=1S/C15H21NO.C15H28.C14H17NO.C14H19NO.C13H17NO.C11H14O2.2C2H6/c1-9-6-11-12(15(3,4)5)8-14(17)16-13(11)7-10(9)2;1-10-6-12-9-13(15(3,4)5)8-11(2)14(12)7-10;1-9-8-11-10(13(16)15-9)6-5-7-12(11)14(2,3)4;1-14(2,3)12-9-15(4)13(16)11-8-6-5-7-10(11)12;1-8-6-10(13(3,4)5)12-9(2)14-15-11(12)7-8;1-11(2,3)8-4-5-9-10(6-8)13-7-12-9;2*1-2/h6-7,12H,8H2,1-5H3,(H,16,17);10-14H,6-9H2,1-5H3;5-8H,1-4H3,(H,15,16);5-8,12H,9H2,1-4H3;6-7H,1-5H3;4-6H,7H2,1-3H3;2*1-2H3. The number of hydrogen-bond donors (Lipinski definition) is 2. The topological polar surface area (TPSA) is 127 Å². The van der Waals surface area contributed by atoms with Gasteiger partial charge in [0.2, 0.25) is 12.7 Å². The molecule has 7 unspecified atom stereocenters. The molecule has 7 atom stereocenters. The average molecular weight is 1310 g/mol. The van der Waals surface area contributed by atoms with Gasteiger partial charge in [-0.25, -0.2) is 0 Å². The van der Waals surface area contributed by atoms with E-state index >= 15 is 0 Å². The maximum absolute atomic E-state index is 12.0. The maximum Gasteiger partial charge on any atom is 0.256 e. The third-order valence-electron chi connectivity index (χ3n) is 20.1. The summed E-state index contributed by atoms with van der Waals surface area (Å²) in [5, 5.41) is 10.0. The highest BCUT2D eigenvalue weighted by Gasteiger charge is 2.44. The van der Waals surface area contributed by atoms with Crippen LogP contribution in [0.5, 0.6) is 11.5 Å². The molecule has 10 heteroatoms. The molecular weight excluding hydrogens is 1180 g/mol. The number of aromatic amines is 1. The Balaban J connectivity index is 0.000000206. The van der Waals surface area contributed by atoms with Gasteiger partial charge >= 0.3 is 0 Å². The van der Waals surface area contributed by atoms with E-state index in [1.54, 1.807) is 0 Å². The first kappa shape index (κ1) is 80.0. The number of fused-ring (bicyclic) bond motifs is 6. The number of ether oxygens (including phenoxy) is 2. The predicted molar refractivity (Wildman–Crippen MR) is 408 cm³/mol. The van der Waals surface area contributed by atoms with Gasteiger partial charge in [-0.1, -0.05) is 220 Å². The first-order valence-corrected chi connectivity index (χ1v) is 36.1. The molecule has 7 aromatic rings. The summed E-state index contributed by atoms with van der Waals surface area (Å²) in [4.78, 5) is 40.3. The predicted octanol–water partition coefficient (Wildman–Crippen LogP) is 23.1. The van der Waals surface area contributed by atoms with Crippen molar-refractivity contribution in [2.75, 3.05) is 25.7 Å². The van der Waals surface area contributed by atoms with E-state index in [0.29, 0.717) is 30.5 Å². The fourth-order valence-corrected chi connectivity index (χ4v) is 14.5. The second kappa shape index (κ2) is 32.3. The molecule has 2 amide bonds. The Hall–Kier alpha value is -6.68. The molecule has 0 saturated heterocycles. The molecule has 2 N–H and O–H groups in total. The molecule has 5 aliphatic rings. The fraction of sp³-hybridized carbons (Fsp3) is 0.581. The maximum atomic E-state index is 12.0. The summed E-state index contributed by atoms with van der Waals surface area (Å²) in [5.74, 6) is 7.83. The number of nitrogens with one attached hydrogen (secondary N) is 2. The summed E-state index contributed by atoms with van der Waals surface area (Å²) in [6.07, 6.45) is 6.63. The molecule has 3 aliphatic heterocycles. The van der Waals surface area contributed by atoms with E-state index < -0.39 is 0 Å². The second-order valence-electron chi connectivity index (χ2n) is 34.2. The summed E-state index contributed by atoms with van der Waals surface area (Å²) >= 11 is 0. The molecule has 2 saturated carbocycles. The molecule has 2 fully saturated rings. The molecule has 10 nitrogen and oxygen atoms in total. The minimum Gasteiger partial charge on any atom is -0.454 e. The zero-order chi connectivity index (χ0) is 72.5. The van der Waals surface area contributed by atoms with Crippen molar-refractivity contribution in [3.63, 3.8) is 0 Å². The lowest BCUT2D eigenvalue weighted by Gasteiger charge is -2.43. The zero-order valence-electron chi connectivity index (χ0n) is 65.5. The third-order valence-corrected chi connectivity index (χ3v) is 20.1. The van der Waals surface area contributed by atoms with Crippen LogP contribution in [0.15, 0.2) is 100 Å². The Morgan fingerprint density at radius 3 is 1.76 bits per heavy atom. The van der Waals surface area contributed by atoms with Crippen molar-refractivity contribution in [2.45, 2.75) is 261 Å². The number of nitrogens with zero attached hydrogens (tertiary/aromatic N) is 2. The van der Waals surface area contributed by atoms with Crippen LogP contribution in [0.4, 0.5) is 5.69 Å². The van der Waals surface area contributed by atoms with Gasteiger partial charge in [-0.15, -0.1) is 0 Å². The normalized spacial score (nSPS) is 20.3. The van der Waals surface area contributed by atoms with Crippen LogP contribution in [0.2, 0.25) is 0 Å². The molecule has 0 radical (unpaired) electrons. The largest absolute Gasteiger partial charge is 0.454 e. The Bertz CT molecular complexity index is 3780. The number of carbonyl (C=O) groups is 2. The van der Waals surface area contributed by atoms with Gasteiger partial charge in [-0.05, 0) is 221 Å². The van der Waals surface area contributed by atoms with Crippen LogP contribution in [0, 0.1) is 80.5 Å². The van der Waals surface area contributed by atoms with E-state index in [-0.39, 0.29) is 44.4 Å². The highest BCUT2D eigenvalue weighted by Crippen LogP contribution is 2.53. The third kappa shape index (κ3) is 20.5. The van der Waals surface area contributed by atoms with Crippen molar-refractivity contribution in [1.29, 1.82) is 0 Å². The summed E-state index contributed by atoms with van der Waals surface area (Å²) < 4.78 is 15.9. The van der Waals surface area contributed by atoms with Crippen molar-refractivity contribution in [3.8, 4) is 11.5 Å². The van der Waals surface area contributed by atoms with E-state index in [9.17, 15) is 14.4 Å². The minimum absolute atomic E-state index is 0.00102. The SMILES string of the molecule is CC.CC.CC(C)(C)c1ccc2c(c1)OCO2.CC1CC2CC(C(C)(C)C)CC(C)C2C1.CN1CC(C(C)(C)C)c2ccccc2C1=O.Cc1cc(C(C)(C)C)c2c(C)noc2c1.Cc1cc2c(C(C)(C)C)cccc2c(=O)[nH]1.Cc1cc2c(cc1C)C(C(C)(C)C)CC(=O)N2. The number of benzene rings is 5. The molecule has 96 heavy (non-hydrogen) atoms. The Kier molecular flexibility index (Phi) is 26.9. The number of likely N-dealkylation sites (N-methyl/N-ethyl adjacent to an activating group) is 1. The number of aryl methyl sites for hydroxylation is 5. The van der Waals surface area contributed by atoms with E-state index in [1.807, 2.05) is 96.0 Å². The van der Waals surface area contributed by atoms with Gasteiger partial charge in [-0.2, -0.15) is 0 Å². The van der Waals surface area contributed by atoms with Crippen LogP contribution in [0.25, 0.3) is 21.7 Å². The molecule has 12 rings (SSSR count). The van der Waals surface area contributed by atoms with Gasteiger partial charge < -0.3 is 29.2 Å². The molecule has 2 aromatic heterocycles. The van der Waals surface area contributed by atoms with Gasteiger partial charge in [0.15, 0.2) is 17.1 Å². The van der Waals surface area contributed by atoms with Crippen LogP contribution in [-0.4, -0.2) is 47.2 Å². The van der Waals surface area contributed by atoms with E-state index in [1.165, 1.54) is 75.6 Å². The van der Waals surface area contributed by atoms with E-state index in [0.717, 1.165) is 86.6 Å². The number of aromatic nitrogens is 2. The van der Waals surface area contributed by atoms with Crippen LogP contribution in [0.3, 0.4) is 0 Å². The molecule has 5 heterocycles. The van der Waals surface area contributed by atoms with Crippen LogP contribution in [-0.2, 0) is 21.0 Å². The molecular formula is C86H128N4O6. The Labute approximate surface area is 581 Å². The molecule has 528 valence electrons. The minimum atomic E-state index is 0.00102. The highest BCUT2D eigenvalue weighted by atomic mass is 16.7. The van der Waals surface area contributed by atoms with Gasteiger partial charge in [0, 0.05) is 53.6 Å². The van der Waals surface area contributed by atoms with Crippen LogP contribution < -0.4 is 20.3 Å². The van der Waals surface area contributed by atoms with Crippen molar-refractivity contribution in [3.05, 3.63) is 163 Å². The van der Waals surface area contributed by atoms with Crippen molar-refractivity contribution in [2.24, 2.45) is 45.8 Å². The van der Waals surface area contributed by atoms with Crippen molar-refractivity contribution < 1.29 is 23.6 Å². The monoisotopic (exact) mass is 1310 g/mol. The zero-order valence-corrected chi connectivity index (χ0v) is 65.5. The highest BCUT2D eigenvalue weighted by molar-refractivity contribution is 5.97. The lowest BCUT2D eigenvalue weighted by atomic mass is 9.63. The van der Waals surface area contributed by atoms with Crippen LogP contribution in [0.1, 0.15) is 276 Å². The Morgan fingerprint density at radius 2 is 1.17 bits per heavy atom. The smallest absolute Gasteiger partial charge is 0.256 e. The Morgan fingerprint density at radius 1 is 0.562 bits per heavy atom. The summed E-state index contributed by atoms with van der Waals surface area (Å²) in [7, 11) is 1.89.